The van der Waals surface area contributed by atoms with Crippen molar-refractivity contribution in [2.45, 2.75) is 38.3 Å². The topological polar surface area (TPSA) is 68.9 Å². The summed E-state index contributed by atoms with van der Waals surface area (Å²) >= 11 is 0. The second-order valence-electron chi connectivity index (χ2n) is 7.27. The molecule has 0 radical (unpaired) electrons. The van der Waals surface area contributed by atoms with Gasteiger partial charge in [0.05, 0.1) is 17.0 Å². The molecule has 29 heavy (non-hydrogen) atoms. The number of aryl methyl sites for hydroxylation is 1. The van der Waals surface area contributed by atoms with Gasteiger partial charge in [-0.2, -0.15) is 5.10 Å². The molecule has 0 bridgehead atoms. The summed E-state index contributed by atoms with van der Waals surface area (Å²) in [6.07, 6.45) is 0.430. The van der Waals surface area contributed by atoms with Crippen LogP contribution in [0.3, 0.4) is 0 Å². The molecule has 1 aliphatic carbocycles. The van der Waals surface area contributed by atoms with E-state index < -0.39 is 29.4 Å². The van der Waals surface area contributed by atoms with Crippen LogP contribution in [0.4, 0.5) is 19.0 Å². The molecule has 0 aliphatic heterocycles. The van der Waals surface area contributed by atoms with Crippen molar-refractivity contribution in [1.29, 1.82) is 0 Å². The molecule has 0 amide bonds. The summed E-state index contributed by atoms with van der Waals surface area (Å²) in [4.78, 5) is 24.8. The second kappa shape index (κ2) is 7.06. The van der Waals surface area contributed by atoms with E-state index in [9.17, 15) is 22.8 Å². The van der Waals surface area contributed by atoms with Crippen LogP contribution in [0.1, 0.15) is 49.4 Å². The fourth-order valence-corrected chi connectivity index (χ4v) is 3.44. The van der Waals surface area contributed by atoms with Crippen molar-refractivity contribution in [1.82, 2.24) is 14.3 Å². The molecule has 2 heterocycles. The lowest BCUT2D eigenvalue weighted by molar-refractivity contribution is 0.146. The van der Waals surface area contributed by atoms with Crippen LogP contribution >= 0.6 is 0 Å². The molecule has 3 aromatic rings. The van der Waals surface area contributed by atoms with Gasteiger partial charge < -0.3 is 9.88 Å². The van der Waals surface area contributed by atoms with Gasteiger partial charge in [0.25, 0.3) is 17.5 Å². The molecule has 9 heteroatoms. The Morgan fingerprint density at radius 3 is 2.52 bits per heavy atom. The molecule has 1 atom stereocenters. The van der Waals surface area contributed by atoms with Crippen LogP contribution in [0.15, 0.2) is 40.1 Å². The predicted molar refractivity (Wildman–Crippen MR) is 103 cm³/mol. The Labute approximate surface area is 163 Å². The quantitative estimate of drug-likeness (QED) is 0.704. The first-order valence-corrected chi connectivity index (χ1v) is 9.24. The maximum atomic E-state index is 14.5. The summed E-state index contributed by atoms with van der Waals surface area (Å²) in [5.41, 5.74) is -1.30. The van der Waals surface area contributed by atoms with Gasteiger partial charge in [0, 0.05) is 36.3 Å². The molecule has 1 N–H and O–H groups in total. The SMILES string of the molecule is CC(Nc1nn(C)c(=O)c2cc(=O)n(C3CC3)cc12)c1cccc(C(F)F)c1F. The third-order valence-electron chi connectivity index (χ3n) is 5.16. The lowest BCUT2D eigenvalue weighted by atomic mass is 10.0. The molecule has 0 saturated heterocycles. The normalized spacial score (nSPS) is 15.1. The van der Waals surface area contributed by atoms with Crippen LogP contribution in [0.5, 0.6) is 0 Å². The Bertz CT molecular complexity index is 1210. The van der Waals surface area contributed by atoms with E-state index in [1.807, 2.05) is 0 Å². The summed E-state index contributed by atoms with van der Waals surface area (Å²) in [5.74, 6) is -0.711. The highest BCUT2D eigenvalue weighted by Crippen LogP contribution is 2.35. The lowest BCUT2D eigenvalue weighted by Gasteiger charge is -2.19. The molecule has 1 aromatic carbocycles. The van der Waals surface area contributed by atoms with E-state index >= 15 is 0 Å². The highest BCUT2D eigenvalue weighted by molar-refractivity contribution is 5.90. The number of nitrogens with zero attached hydrogens (tertiary/aromatic N) is 3. The van der Waals surface area contributed by atoms with E-state index in [-0.39, 0.29) is 28.4 Å². The van der Waals surface area contributed by atoms with Gasteiger partial charge in [-0.1, -0.05) is 18.2 Å². The number of alkyl halides is 2. The van der Waals surface area contributed by atoms with Gasteiger partial charge in [0.1, 0.15) is 5.82 Å². The van der Waals surface area contributed by atoms with E-state index in [4.69, 9.17) is 0 Å². The third kappa shape index (κ3) is 3.41. The Kier molecular flexibility index (Phi) is 4.68. The van der Waals surface area contributed by atoms with Crippen LogP contribution in [0.2, 0.25) is 0 Å². The maximum absolute atomic E-state index is 14.5. The smallest absolute Gasteiger partial charge is 0.274 e. The Morgan fingerprint density at radius 2 is 1.86 bits per heavy atom. The van der Waals surface area contributed by atoms with Crippen LogP contribution in [-0.4, -0.2) is 14.3 Å². The van der Waals surface area contributed by atoms with E-state index in [2.05, 4.69) is 10.4 Å². The zero-order valence-corrected chi connectivity index (χ0v) is 15.8. The number of fused-ring (bicyclic) bond motifs is 1. The number of benzene rings is 1. The van der Waals surface area contributed by atoms with Gasteiger partial charge in [-0.25, -0.2) is 17.9 Å². The van der Waals surface area contributed by atoms with Gasteiger partial charge in [0.2, 0.25) is 0 Å². The maximum Gasteiger partial charge on any atom is 0.274 e. The molecule has 4 rings (SSSR count). The van der Waals surface area contributed by atoms with Crippen LogP contribution < -0.4 is 16.4 Å². The number of nitrogens with one attached hydrogen (secondary N) is 1. The van der Waals surface area contributed by atoms with E-state index in [0.717, 1.165) is 23.6 Å². The van der Waals surface area contributed by atoms with Crippen molar-refractivity contribution in [3.63, 3.8) is 0 Å². The monoisotopic (exact) mass is 404 g/mol. The molecule has 1 unspecified atom stereocenters. The summed E-state index contributed by atoms with van der Waals surface area (Å²) < 4.78 is 43.2. The molecule has 152 valence electrons. The highest BCUT2D eigenvalue weighted by Gasteiger charge is 2.26. The average molecular weight is 404 g/mol. The van der Waals surface area contributed by atoms with Crippen molar-refractivity contribution in [2.24, 2.45) is 7.05 Å². The molecule has 1 saturated carbocycles. The van der Waals surface area contributed by atoms with Crippen molar-refractivity contribution in [3.05, 3.63) is 68.1 Å². The standard InChI is InChI=1S/C20H19F3N4O2/c1-10(12-4-3-5-13(17(12)21)18(22)23)24-19-15-9-27(11-6-7-11)16(28)8-14(15)20(29)26(2)25-19/h3-5,8-11,18H,6-7H2,1-2H3,(H,24,25). The van der Waals surface area contributed by atoms with E-state index in [1.54, 1.807) is 17.7 Å². The van der Waals surface area contributed by atoms with Gasteiger partial charge in [-0.05, 0) is 19.8 Å². The van der Waals surface area contributed by atoms with Gasteiger partial charge in [0.15, 0.2) is 5.82 Å². The van der Waals surface area contributed by atoms with E-state index in [0.29, 0.717) is 5.39 Å². The minimum absolute atomic E-state index is 0.0575. The number of pyridine rings is 1. The Hall–Kier alpha value is -3.10. The van der Waals surface area contributed by atoms with Crippen LogP contribution in [-0.2, 0) is 7.05 Å². The Morgan fingerprint density at radius 1 is 1.17 bits per heavy atom. The molecule has 2 aromatic heterocycles. The fraction of sp³-hybridized carbons (Fsp3) is 0.350. The molecular formula is C20H19F3N4O2. The molecular weight excluding hydrogens is 385 g/mol. The minimum atomic E-state index is -2.92. The molecule has 1 fully saturated rings. The van der Waals surface area contributed by atoms with E-state index in [1.165, 1.54) is 25.2 Å². The van der Waals surface area contributed by atoms with Gasteiger partial charge in [-0.15, -0.1) is 0 Å². The first-order chi connectivity index (χ1) is 13.8. The predicted octanol–water partition coefficient (Wildman–Crippen LogP) is 3.68. The number of hydrogen-bond donors (Lipinski definition) is 1. The number of anilines is 1. The zero-order valence-electron chi connectivity index (χ0n) is 15.8. The highest BCUT2D eigenvalue weighted by atomic mass is 19.3. The van der Waals surface area contributed by atoms with Crippen molar-refractivity contribution >= 4 is 16.6 Å². The van der Waals surface area contributed by atoms with Crippen molar-refractivity contribution in [3.8, 4) is 0 Å². The number of hydrogen-bond acceptors (Lipinski definition) is 4. The molecule has 1 aliphatic rings. The summed E-state index contributed by atoms with van der Waals surface area (Å²) in [6, 6.07) is 4.51. The summed E-state index contributed by atoms with van der Waals surface area (Å²) in [7, 11) is 1.45. The first kappa shape index (κ1) is 19.2. The fourth-order valence-electron chi connectivity index (χ4n) is 3.44. The van der Waals surface area contributed by atoms with Crippen LogP contribution in [0.25, 0.3) is 10.8 Å². The summed E-state index contributed by atoms with van der Waals surface area (Å²) in [6.45, 7) is 1.61. The number of rotatable bonds is 5. The zero-order chi connectivity index (χ0) is 20.9. The Balaban J connectivity index is 1.81. The summed E-state index contributed by atoms with van der Waals surface area (Å²) in [5, 5.41) is 7.85. The number of halogens is 3. The van der Waals surface area contributed by atoms with Gasteiger partial charge >= 0.3 is 0 Å². The lowest BCUT2D eigenvalue weighted by Crippen LogP contribution is -2.26. The first-order valence-electron chi connectivity index (χ1n) is 9.24. The number of aromatic nitrogens is 3. The van der Waals surface area contributed by atoms with Crippen molar-refractivity contribution in [2.75, 3.05) is 5.32 Å². The van der Waals surface area contributed by atoms with Gasteiger partial charge in [-0.3, -0.25) is 9.59 Å². The third-order valence-corrected chi connectivity index (χ3v) is 5.16. The molecule has 6 nitrogen and oxygen atoms in total. The minimum Gasteiger partial charge on any atom is -0.361 e. The molecule has 0 spiro atoms. The largest absolute Gasteiger partial charge is 0.361 e. The second-order valence-corrected chi connectivity index (χ2v) is 7.27. The van der Waals surface area contributed by atoms with Crippen molar-refractivity contribution < 1.29 is 13.2 Å². The van der Waals surface area contributed by atoms with Crippen LogP contribution in [0, 0.1) is 5.82 Å². The average Bonchev–Trinajstić information content (AvgIpc) is 3.50.